The molecule has 5 nitrogen and oxygen atoms in total. The fourth-order valence-electron chi connectivity index (χ4n) is 3.80. The van der Waals surface area contributed by atoms with Gasteiger partial charge in [0.15, 0.2) is 10.9 Å². The number of aromatic nitrogens is 3. The van der Waals surface area contributed by atoms with Crippen LogP contribution in [-0.2, 0) is 12.8 Å². The molecule has 0 amide bonds. The quantitative estimate of drug-likeness (QED) is 0.720. The molecule has 0 bridgehead atoms. The lowest BCUT2D eigenvalue weighted by Crippen LogP contribution is -2.38. The summed E-state index contributed by atoms with van der Waals surface area (Å²) in [5.41, 5.74) is 2.59. The summed E-state index contributed by atoms with van der Waals surface area (Å²) in [4.78, 5) is 5.85. The third kappa shape index (κ3) is 3.32. The van der Waals surface area contributed by atoms with E-state index in [0.717, 1.165) is 28.8 Å². The van der Waals surface area contributed by atoms with Gasteiger partial charge < -0.3 is 10.6 Å². The third-order valence-corrected chi connectivity index (χ3v) is 6.42. The van der Waals surface area contributed by atoms with Crippen LogP contribution < -0.4 is 10.6 Å². The molecule has 4 rings (SSSR count). The third-order valence-electron chi connectivity index (χ3n) is 4.99. The van der Waals surface area contributed by atoms with Crippen molar-refractivity contribution in [2.75, 3.05) is 5.32 Å². The number of fused-ring (bicyclic) bond motifs is 1. The molecule has 0 saturated heterocycles. The Kier molecular flexibility index (Phi) is 4.80. The van der Waals surface area contributed by atoms with Crippen LogP contribution in [0.2, 0.25) is 0 Å². The van der Waals surface area contributed by atoms with E-state index in [9.17, 15) is 0 Å². The molecule has 0 aliphatic heterocycles. The summed E-state index contributed by atoms with van der Waals surface area (Å²) in [6.45, 7) is 0. The second-order valence-corrected chi connectivity index (χ2v) is 8.20. The van der Waals surface area contributed by atoms with Gasteiger partial charge in [0.2, 0.25) is 0 Å². The van der Waals surface area contributed by atoms with Crippen LogP contribution in [0.3, 0.4) is 0 Å². The van der Waals surface area contributed by atoms with Crippen molar-refractivity contribution in [1.82, 2.24) is 20.5 Å². The van der Waals surface area contributed by atoms with Crippen molar-refractivity contribution in [3.63, 3.8) is 0 Å². The minimum Gasteiger partial charge on any atom is -0.360 e. The summed E-state index contributed by atoms with van der Waals surface area (Å²) in [7, 11) is 0. The van der Waals surface area contributed by atoms with E-state index in [0.29, 0.717) is 6.04 Å². The van der Waals surface area contributed by atoms with Gasteiger partial charge in [0, 0.05) is 10.9 Å². The van der Waals surface area contributed by atoms with Gasteiger partial charge in [-0.25, -0.2) is 4.98 Å². The first-order valence-corrected chi connectivity index (χ1v) is 10.1. The molecule has 7 heteroatoms. The molecule has 2 heterocycles. The summed E-state index contributed by atoms with van der Waals surface area (Å²) in [6, 6.07) is 0.516. The number of thiocarbonyl (C=S) groups is 1. The molecular weight excluding hydrogens is 338 g/mol. The Morgan fingerprint density at radius 3 is 2.79 bits per heavy atom. The van der Waals surface area contributed by atoms with Gasteiger partial charge in [0.1, 0.15) is 11.3 Å². The van der Waals surface area contributed by atoms with E-state index in [1.54, 1.807) is 6.33 Å². The first-order valence-electron chi connectivity index (χ1n) is 8.89. The van der Waals surface area contributed by atoms with Crippen LogP contribution in [0, 0.1) is 0 Å². The van der Waals surface area contributed by atoms with Crippen LogP contribution in [-0.4, -0.2) is 26.3 Å². The lowest BCUT2D eigenvalue weighted by Gasteiger charge is -2.24. The maximum atomic E-state index is 5.58. The van der Waals surface area contributed by atoms with Gasteiger partial charge in [-0.2, -0.15) is 5.10 Å². The number of hydrogen-bond donors (Lipinski definition) is 3. The number of aromatic amines is 1. The number of nitrogens with one attached hydrogen (secondary N) is 3. The molecule has 2 aliphatic carbocycles. The van der Waals surface area contributed by atoms with Crippen LogP contribution in [0.5, 0.6) is 0 Å². The Balaban J connectivity index is 1.56. The SMILES string of the molecule is S=C(Nc1sc2c(c1-c1ncn[nH]1)CCCC2)NC1CCCCC1. The second-order valence-electron chi connectivity index (χ2n) is 6.68. The lowest BCUT2D eigenvalue weighted by atomic mass is 9.95. The predicted octanol–water partition coefficient (Wildman–Crippen LogP) is 4.03. The van der Waals surface area contributed by atoms with E-state index in [1.165, 1.54) is 60.9 Å². The van der Waals surface area contributed by atoms with Crippen molar-refractivity contribution in [1.29, 1.82) is 0 Å². The largest absolute Gasteiger partial charge is 0.360 e. The van der Waals surface area contributed by atoms with E-state index in [1.807, 2.05) is 11.3 Å². The van der Waals surface area contributed by atoms with Crippen molar-refractivity contribution in [3.05, 3.63) is 16.8 Å². The van der Waals surface area contributed by atoms with E-state index in [4.69, 9.17) is 12.2 Å². The maximum absolute atomic E-state index is 5.58. The van der Waals surface area contributed by atoms with Crippen LogP contribution in [0.1, 0.15) is 55.4 Å². The molecule has 0 atom stereocenters. The zero-order valence-corrected chi connectivity index (χ0v) is 15.4. The van der Waals surface area contributed by atoms with Crippen LogP contribution >= 0.6 is 23.6 Å². The van der Waals surface area contributed by atoms with Crippen molar-refractivity contribution in [3.8, 4) is 11.4 Å². The zero-order valence-electron chi connectivity index (χ0n) is 13.7. The minimum absolute atomic E-state index is 0.516. The number of rotatable bonds is 3. The lowest BCUT2D eigenvalue weighted by molar-refractivity contribution is 0.415. The summed E-state index contributed by atoms with van der Waals surface area (Å²) in [5, 5.41) is 15.9. The number of aryl methyl sites for hydroxylation is 1. The van der Waals surface area contributed by atoms with Gasteiger partial charge in [-0.1, -0.05) is 19.3 Å². The first kappa shape index (κ1) is 16.0. The molecule has 0 radical (unpaired) electrons. The van der Waals surface area contributed by atoms with Crippen LogP contribution in [0.25, 0.3) is 11.4 Å². The van der Waals surface area contributed by atoms with Gasteiger partial charge in [0.05, 0.1) is 5.56 Å². The van der Waals surface area contributed by atoms with Gasteiger partial charge in [-0.15, -0.1) is 11.3 Å². The standard InChI is InChI=1S/C17H23N5S2/c23-17(20-11-6-2-1-3-7-11)21-16-14(15-18-10-19-22-15)12-8-4-5-9-13(12)24-16/h10-11H,1-9H2,(H,18,19,22)(H2,20,21,23). The molecule has 0 aromatic carbocycles. The molecule has 1 fully saturated rings. The van der Waals surface area contributed by atoms with Gasteiger partial charge in [-0.3, -0.25) is 5.10 Å². The van der Waals surface area contributed by atoms with Gasteiger partial charge in [-0.05, 0) is 56.3 Å². The fraction of sp³-hybridized carbons (Fsp3) is 0.588. The Labute approximate surface area is 151 Å². The van der Waals surface area contributed by atoms with E-state index < -0.39 is 0 Å². The van der Waals surface area contributed by atoms with E-state index >= 15 is 0 Å². The smallest absolute Gasteiger partial charge is 0.171 e. The molecule has 1 saturated carbocycles. The summed E-state index contributed by atoms with van der Waals surface area (Å²) < 4.78 is 0. The molecule has 128 valence electrons. The van der Waals surface area contributed by atoms with Crippen LogP contribution in [0.15, 0.2) is 6.33 Å². The Hall–Kier alpha value is -1.47. The molecule has 2 aromatic heterocycles. The number of thiophene rings is 1. The topological polar surface area (TPSA) is 65.6 Å². The van der Waals surface area contributed by atoms with Crippen molar-refractivity contribution >= 4 is 33.7 Å². The average Bonchev–Trinajstić information content (AvgIpc) is 3.22. The highest BCUT2D eigenvalue weighted by Crippen LogP contribution is 2.42. The molecule has 2 aromatic rings. The molecule has 3 N–H and O–H groups in total. The maximum Gasteiger partial charge on any atom is 0.171 e. The van der Waals surface area contributed by atoms with Crippen molar-refractivity contribution < 1.29 is 0 Å². The highest BCUT2D eigenvalue weighted by atomic mass is 32.1. The number of anilines is 1. The van der Waals surface area contributed by atoms with Gasteiger partial charge in [0.25, 0.3) is 0 Å². The monoisotopic (exact) mass is 361 g/mol. The summed E-state index contributed by atoms with van der Waals surface area (Å²) in [6.07, 6.45) is 12.8. The van der Waals surface area contributed by atoms with E-state index in [-0.39, 0.29) is 0 Å². The Morgan fingerprint density at radius 2 is 2.00 bits per heavy atom. The Morgan fingerprint density at radius 1 is 1.17 bits per heavy atom. The molecule has 0 spiro atoms. The normalized spacial score (nSPS) is 18.2. The van der Waals surface area contributed by atoms with Crippen molar-refractivity contribution in [2.45, 2.75) is 63.8 Å². The summed E-state index contributed by atoms with van der Waals surface area (Å²) >= 11 is 7.41. The minimum atomic E-state index is 0.516. The number of hydrogen-bond acceptors (Lipinski definition) is 4. The molecule has 24 heavy (non-hydrogen) atoms. The second kappa shape index (κ2) is 7.19. The highest BCUT2D eigenvalue weighted by Gasteiger charge is 2.24. The number of H-pyrrole nitrogens is 1. The highest BCUT2D eigenvalue weighted by molar-refractivity contribution is 7.80. The average molecular weight is 362 g/mol. The fourth-order valence-corrected chi connectivity index (χ4v) is 5.43. The van der Waals surface area contributed by atoms with Crippen molar-refractivity contribution in [2.24, 2.45) is 0 Å². The zero-order chi connectivity index (χ0) is 16.4. The molecular formula is C17H23N5S2. The molecule has 0 unspecified atom stereocenters. The van der Waals surface area contributed by atoms with Gasteiger partial charge >= 0.3 is 0 Å². The molecule has 2 aliphatic rings. The Bertz CT molecular complexity index is 701. The van der Waals surface area contributed by atoms with Crippen LogP contribution in [0.4, 0.5) is 5.00 Å². The summed E-state index contributed by atoms with van der Waals surface area (Å²) in [5.74, 6) is 0.845. The first-order chi connectivity index (χ1) is 11.8. The predicted molar refractivity (Wildman–Crippen MR) is 103 cm³/mol. The van der Waals surface area contributed by atoms with E-state index in [2.05, 4.69) is 25.8 Å². The number of nitrogens with zero attached hydrogens (tertiary/aromatic N) is 2.